The molecule has 0 saturated carbocycles. The first-order valence-corrected chi connectivity index (χ1v) is 7.91. The highest BCUT2D eigenvalue weighted by Crippen LogP contribution is 2.36. The standard InChI is InChI=1S/C17H19ClN2O2/c1-11-17(12(2)22-19-11)15-8-5-9-20(15)16(21)10-13-6-3-4-7-14(13)18/h3-4,6-7,15H,5,8-10H2,1-2H3. The van der Waals surface area contributed by atoms with E-state index < -0.39 is 0 Å². The van der Waals surface area contributed by atoms with Crippen LogP contribution in [-0.4, -0.2) is 22.5 Å². The van der Waals surface area contributed by atoms with Crippen LogP contribution in [0.3, 0.4) is 0 Å². The normalized spacial score (nSPS) is 18.0. The van der Waals surface area contributed by atoms with E-state index in [1.807, 2.05) is 43.0 Å². The summed E-state index contributed by atoms with van der Waals surface area (Å²) in [6, 6.07) is 7.57. The summed E-state index contributed by atoms with van der Waals surface area (Å²) in [7, 11) is 0. The minimum Gasteiger partial charge on any atom is -0.361 e. The first-order chi connectivity index (χ1) is 10.6. The van der Waals surface area contributed by atoms with Crippen molar-refractivity contribution in [1.29, 1.82) is 0 Å². The van der Waals surface area contributed by atoms with E-state index in [2.05, 4.69) is 5.16 Å². The van der Waals surface area contributed by atoms with E-state index in [1.165, 1.54) is 0 Å². The lowest BCUT2D eigenvalue weighted by atomic mass is 10.0. The van der Waals surface area contributed by atoms with Gasteiger partial charge in [0.25, 0.3) is 0 Å². The molecule has 5 heteroatoms. The Labute approximate surface area is 135 Å². The maximum absolute atomic E-state index is 12.7. The van der Waals surface area contributed by atoms with Gasteiger partial charge in [-0.1, -0.05) is 35.0 Å². The number of amides is 1. The highest BCUT2D eigenvalue weighted by atomic mass is 35.5. The summed E-state index contributed by atoms with van der Waals surface area (Å²) in [5.74, 6) is 0.913. The van der Waals surface area contributed by atoms with Crippen molar-refractivity contribution < 1.29 is 9.32 Å². The third kappa shape index (κ3) is 2.75. The Balaban J connectivity index is 1.81. The monoisotopic (exact) mass is 318 g/mol. The van der Waals surface area contributed by atoms with Crippen molar-refractivity contribution >= 4 is 17.5 Å². The molecule has 0 radical (unpaired) electrons. The van der Waals surface area contributed by atoms with Gasteiger partial charge in [0.15, 0.2) is 0 Å². The van der Waals surface area contributed by atoms with Crippen LogP contribution in [0.4, 0.5) is 0 Å². The molecule has 1 unspecified atom stereocenters. The molecular weight excluding hydrogens is 300 g/mol. The van der Waals surface area contributed by atoms with Crippen LogP contribution in [-0.2, 0) is 11.2 Å². The van der Waals surface area contributed by atoms with E-state index in [1.54, 1.807) is 0 Å². The zero-order valence-electron chi connectivity index (χ0n) is 12.8. The van der Waals surface area contributed by atoms with E-state index in [9.17, 15) is 4.79 Å². The minimum atomic E-state index is 0.0706. The summed E-state index contributed by atoms with van der Waals surface area (Å²) in [6.07, 6.45) is 2.29. The van der Waals surface area contributed by atoms with Crippen LogP contribution in [0, 0.1) is 13.8 Å². The molecule has 1 fully saturated rings. The first kappa shape index (κ1) is 15.1. The van der Waals surface area contributed by atoms with Crippen molar-refractivity contribution in [1.82, 2.24) is 10.1 Å². The number of nitrogens with zero attached hydrogens (tertiary/aromatic N) is 2. The van der Waals surface area contributed by atoms with Crippen LogP contribution < -0.4 is 0 Å². The fourth-order valence-electron chi connectivity index (χ4n) is 3.24. The van der Waals surface area contributed by atoms with Crippen LogP contribution in [0.25, 0.3) is 0 Å². The molecule has 116 valence electrons. The summed E-state index contributed by atoms with van der Waals surface area (Å²) in [5, 5.41) is 4.66. The number of carbonyl (C=O) groups excluding carboxylic acids is 1. The Hall–Kier alpha value is -1.81. The second-order valence-corrected chi connectivity index (χ2v) is 6.16. The molecule has 0 N–H and O–H groups in total. The third-order valence-corrected chi connectivity index (χ3v) is 4.66. The van der Waals surface area contributed by atoms with Crippen molar-refractivity contribution in [3.63, 3.8) is 0 Å². The van der Waals surface area contributed by atoms with Gasteiger partial charge in [0.2, 0.25) is 5.91 Å². The maximum Gasteiger partial charge on any atom is 0.227 e. The molecule has 1 saturated heterocycles. The molecular formula is C17H19ClN2O2. The van der Waals surface area contributed by atoms with Crippen molar-refractivity contribution in [3.05, 3.63) is 51.9 Å². The second-order valence-electron chi connectivity index (χ2n) is 5.75. The largest absolute Gasteiger partial charge is 0.361 e. The number of aromatic nitrogens is 1. The highest BCUT2D eigenvalue weighted by Gasteiger charge is 2.33. The number of carbonyl (C=O) groups is 1. The molecule has 2 aromatic rings. The van der Waals surface area contributed by atoms with Crippen molar-refractivity contribution in [2.75, 3.05) is 6.54 Å². The molecule has 3 rings (SSSR count). The Bertz CT molecular complexity index is 676. The fraction of sp³-hybridized carbons (Fsp3) is 0.412. The number of hydrogen-bond donors (Lipinski definition) is 0. The lowest BCUT2D eigenvalue weighted by molar-refractivity contribution is -0.131. The zero-order chi connectivity index (χ0) is 15.7. The summed E-state index contributed by atoms with van der Waals surface area (Å²) in [4.78, 5) is 14.7. The van der Waals surface area contributed by atoms with Crippen molar-refractivity contribution in [2.24, 2.45) is 0 Å². The minimum absolute atomic E-state index is 0.0706. The van der Waals surface area contributed by atoms with E-state index in [0.717, 1.165) is 42.0 Å². The van der Waals surface area contributed by atoms with Crippen LogP contribution in [0.2, 0.25) is 5.02 Å². The van der Waals surface area contributed by atoms with E-state index in [4.69, 9.17) is 16.1 Å². The Kier molecular flexibility index (Phi) is 4.21. The molecule has 0 bridgehead atoms. The van der Waals surface area contributed by atoms with Gasteiger partial charge in [-0.15, -0.1) is 0 Å². The number of rotatable bonds is 3. The highest BCUT2D eigenvalue weighted by molar-refractivity contribution is 6.31. The predicted octanol–water partition coefficient (Wildman–Crippen LogP) is 3.85. The van der Waals surface area contributed by atoms with Crippen molar-refractivity contribution in [2.45, 2.75) is 39.2 Å². The lowest BCUT2D eigenvalue weighted by Crippen LogP contribution is -2.32. The van der Waals surface area contributed by atoms with Gasteiger partial charge in [-0.3, -0.25) is 4.79 Å². The smallest absolute Gasteiger partial charge is 0.227 e. The molecule has 1 aliphatic rings. The number of hydrogen-bond acceptors (Lipinski definition) is 3. The van der Waals surface area contributed by atoms with Gasteiger partial charge >= 0.3 is 0 Å². The Morgan fingerprint density at radius 1 is 1.41 bits per heavy atom. The summed E-state index contributed by atoms with van der Waals surface area (Å²) >= 11 is 6.17. The molecule has 1 aromatic heterocycles. The average molecular weight is 319 g/mol. The molecule has 1 amide bonds. The van der Waals surface area contributed by atoms with E-state index in [0.29, 0.717) is 11.4 Å². The number of likely N-dealkylation sites (tertiary alicyclic amines) is 1. The number of benzene rings is 1. The summed E-state index contributed by atoms with van der Waals surface area (Å²) < 4.78 is 5.26. The van der Waals surface area contributed by atoms with Crippen LogP contribution in [0.5, 0.6) is 0 Å². The van der Waals surface area contributed by atoms with Crippen LogP contribution in [0.1, 0.15) is 41.5 Å². The Morgan fingerprint density at radius 3 is 2.86 bits per heavy atom. The Morgan fingerprint density at radius 2 is 2.18 bits per heavy atom. The van der Waals surface area contributed by atoms with E-state index >= 15 is 0 Å². The van der Waals surface area contributed by atoms with Gasteiger partial charge in [-0.05, 0) is 38.3 Å². The topological polar surface area (TPSA) is 46.3 Å². The zero-order valence-corrected chi connectivity index (χ0v) is 13.6. The van der Waals surface area contributed by atoms with Crippen LogP contribution >= 0.6 is 11.6 Å². The predicted molar refractivity (Wildman–Crippen MR) is 84.8 cm³/mol. The average Bonchev–Trinajstić information content (AvgIpc) is 3.08. The number of aryl methyl sites for hydroxylation is 2. The lowest BCUT2D eigenvalue weighted by Gasteiger charge is -2.25. The molecule has 2 heterocycles. The van der Waals surface area contributed by atoms with Crippen molar-refractivity contribution in [3.8, 4) is 0 Å². The molecule has 0 aliphatic carbocycles. The summed E-state index contributed by atoms with van der Waals surface area (Å²) in [5.41, 5.74) is 2.81. The molecule has 0 spiro atoms. The third-order valence-electron chi connectivity index (χ3n) is 4.29. The SMILES string of the molecule is Cc1noc(C)c1C1CCCN1C(=O)Cc1ccccc1Cl. The number of halogens is 1. The molecule has 1 aliphatic heterocycles. The maximum atomic E-state index is 12.7. The van der Waals surface area contributed by atoms with Gasteiger partial charge in [-0.25, -0.2) is 0 Å². The van der Waals surface area contributed by atoms with Gasteiger partial charge in [0, 0.05) is 17.1 Å². The summed E-state index contributed by atoms with van der Waals surface area (Å²) in [6.45, 7) is 4.61. The molecule has 22 heavy (non-hydrogen) atoms. The van der Waals surface area contributed by atoms with Gasteiger partial charge < -0.3 is 9.42 Å². The van der Waals surface area contributed by atoms with Gasteiger partial charge in [0.1, 0.15) is 5.76 Å². The van der Waals surface area contributed by atoms with E-state index in [-0.39, 0.29) is 11.9 Å². The molecule has 4 nitrogen and oxygen atoms in total. The first-order valence-electron chi connectivity index (χ1n) is 7.53. The van der Waals surface area contributed by atoms with Gasteiger partial charge in [-0.2, -0.15) is 0 Å². The second kappa shape index (κ2) is 6.13. The molecule has 1 aromatic carbocycles. The fourth-order valence-corrected chi connectivity index (χ4v) is 3.44. The quantitative estimate of drug-likeness (QED) is 0.863. The van der Waals surface area contributed by atoms with Gasteiger partial charge in [0.05, 0.1) is 18.2 Å². The molecule has 1 atom stereocenters. The van der Waals surface area contributed by atoms with Crippen LogP contribution in [0.15, 0.2) is 28.8 Å².